The molecule has 2 aromatic rings. The number of H-pyrrole nitrogens is 1. The number of benzene rings is 1. The van der Waals surface area contributed by atoms with E-state index in [1.165, 1.54) is 17.3 Å². The summed E-state index contributed by atoms with van der Waals surface area (Å²) in [6.07, 6.45) is 3.05. The van der Waals surface area contributed by atoms with Crippen molar-refractivity contribution in [3.05, 3.63) is 47.3 Å². The number of carbonyl (C=O) groups excluding carboxylic acids is 1. The average molecular weight is 358 g/mol. The van der Waals surface area contributed by atoms with E-state index < -0.39 is 0 Å². The summed E-state index contributed by atoms with van der Waals surface area (Å²) in [4.78, 5) is 22.7. The van der Waals surface area contributed by atoms with Crippen LogP contribution in [0, 0.1) is 12.8 Å². The first kappa shape index (κ1) is 18.1. The van der Waals surface area contributed by atoms with E-state index in [9.17, 15) is 4.79 Å². The van der Waals surface area contributed by atoms with Crippen molar-refractivity contribution >= 4 is 17.7 Å². The number of aromatic amines is 1. The van der Waals surface area contributed by atoms with Crippen LogP contribution in [0.2, 0.25) is 0 Å². The molecular weight excluding hydrogens is 330 g/mol. The van der Waals surface area contributed by atoms with Crippen molar-refractivity contribution in [2.24, 2.45) is 5.92 Å². The van der Waals surface area contributed by atoms with Gasteiger partial charge in [-0.1, -0.05) is 49.0 Å². The van der Waals surface area contributed by atoms with Crippen LogP contribution in [0.15, 0.2) is 35.5 Å². The largest absolute Gasteiger partial charge is 0.342 e. The zero-order chi connectivity index (χ0) is 17.8. The van der Waals surface area contributed by atoms with Gasteiger partial charge in [0, 0.05) is 25.2 Å². The minimum atomic E-state index is -0.108. The highest BCUT2D eigenvalue weighted by molar-refractivity contribution is 8.00. The van der Waals surface area contributed by atoms with Crippen LogP contribution in [0.25, 0.3) is 0 Å². The quantitative estimate of drug-likeness (QED) is 0.821. The van der Waals surface area contributed by atoms with Crippen molar-refractivity contribution in [3.8, 4) is 0 Å². The number of rotatable bonds is 5. The second-order valence-corrected chi connectivity index (χ2v) is 8.37. The number of amides is 1. The number of nitrogens with one attached hydrogen (secondary N) is 1. The lowest BCUT2D eigenvalue weighted by Gasteiger charge is -2.31. The van der Waals surface area contributed by atoms with Gasteiger partial charge in [-0.3, -0.25) is 4.79 Å². The summed E-state index contributed by atoms with van der Waals surface area (Å²) in [6.45, 7) is 8.08. The molecule has 0 unspecified atom stereocenters. The Kier molecular flexibility index (Phi) is 5.84. The molecule has 1 amide bonds. The molecule has 0 radical (unpaired) electrons. The zero-order valence-electron chi connectivity index (χ0n) is 15.3. The molecule has 1 aromatic carbocycles. The van der Waals surface area contributed by atoms with Gasteiger partial charge in [-0.05, 0) is 38.2 Å². The number of piperidine rings is 1. The molecule has 1 aromatic heterocycles. The van der Waals surface area contributed by atoms with Gasteiger partial charge in [0.1, 0.15) is 0 Å². The molecule has 25 heavy (non-hydrogen) atoms. The van der Waals surface area contributed by atoms with Crippen LogP contribution in [0.4, 0.5) is 0 Å². The summed E-state index contributed by atoms with van der Waals surface area (Å²) >= 11 is 1.53. The van der Waals surface area contributed by atoms with E-state index in [0.717, 1.165) is 54.8 Å². The van der Waals surface area contributed by atoms with Gasteiger partial charge < -0.3 is 9.88 Å². The van der Waals surface area contributed by atoms with E-state index in [0.29, 0.717) is 0 Å². The van der Waals surface area contributed by atoms with E-state index in [2.05, 4.69) is 24.0 Å². The van der Waals surface area contributed by atoms with Crippen LogP contribution in [-0.2, 0) is 11.2 Å². The minimum absolute atomic E-state index is 0.108. The summed E-state index contributed by atoms with van der Waals surface area (Å²) in [5.74, 6) is 0.968. The maximum Gasteiger partial charge on any atom is 0.235 e. The van der Waals surface area contributed by atoms with Crippen LogP contribution in [0.1, 0.15) is 43.6 Å². The van der Waals surface area contributed by atoms with Crippen molar-refractivity contribution in [2.45, 2.75) is 50.4 Å². The van der Waals surface area contributed by atoms with Gasteiger partial charge in [0.25, 0.3) is 0 Å². The molecule has 0 aliphatic carbocycles. The Bertz CT molecular complexity index is 705. The molecule has 2 heterocycles. The van der Waals surface area contributed by atoms with Gasteiger partial charge in [-0.25, -0.2) is 4.98 Å². The molecule has 0 saturated carbocycles. The number of hydrogen-bond donors (Lipinski definition) is 1. The van der Waals surface area contributed by atoms with Crippen LogP contribution in [0.5, 0.6) is 0 Å². The summed E-state index contributed by atoms with van der Waals surface area (Å²) in [6, 6.07) is 10.4. The number of thioether (sulfide) groups is 1. The molecule has 134 valence electrons. The topological polar surface area (TPSA) is 49.0 Å². The first-order valence-electron chi connectivity index (χ1n) is 9.07. The molecule has 3 rings (SSSR count). The Morgan fingerprint density at radius 3 is 2.68 bits per heavy atom. The third-order valence-corrected chi connectivity index (χ3v) is 5.88. The van der Waals surface area contributed by atoms with Gasteiger partial charge in [0.15, 0.2) is 5.16 Å². The van der Waals surface area contributed by atoms with Crippen molar-refractivity contribution in [3.63, 3.8) is 0 Å². The lowest BCUT2D eigenvalue weighted by Crippen LogP contribution is -2.41. The highest BCUT2D eigenvalue weighted by Gasteiger charge is 2.26. The molecule has 1 aliphatic rings. The number of carbonyl (C=O) groups is 1. The fourth-order valence-electron chi connectivity index (χ4n) is 3.19. The van der Waals surface area contributed by atoms with Gasteiger partial charge in [-0.2, -0.15) is 0 Å². The SMILES string of the molecule is Cc1[nH]c(S[C@@H](C)C(=O)N2CCC(C)CC2)nc1Cc1ccccc1. The fraction of sp³-hybridized carbons (Fsp3) is 0.500. The molecule has 0 bridgehead atoms. The first-order valence-corrected chi connectivity index (χ1v) is 9.95. The third-order valence-electron chi connectivity index (χ3n) is 4.91. The van der Waals surface area contributed by atoms with E-state index in [1.54, 1.807) is 0 Å². The molecule has 5 heteroatoms. The van der Waals surface area contributed by atoms with E-state index in [4.69, 9.17) is 4.98 Å². The predicted molar refractivity (Wildman–Crippen MR) is 103 cm³/mol. The van der Waals surface area contributed by atoms with Crippen molar-refractivity contribution in [2.75, 3.05) is 13.1 Å². The molecule has 4 nitrogen and oxygen atoms in total. The second kappa shape index (κ2) is 8.09. The maximum absolute atomic E-state index is 12.7. The van der Waals surface area contributed by atoms with Gasteiger partial charge in [0.05, 0.1) is 10.9 Å². The highest BCUT2D eigenvalue weighted by atomic mass is 32.2. The van der Waals surface area contributed by atoms with Crippen molar-refractivity contribution < 1.29 is 4.79 Å². The Morgan fingerprint density at radius 2 is 2.00 bits per heavy atom. The van der Waals surface area contributed by atoms with E-state index in [-0.39, 0.29) is 11.2 Å². The molecule has 0 spiro atoms. The average Bonchev–Trinajstić information content (AvgIpc) is 2.95. The lowest BCUT2D eigenvalue weighted by molar-refractivity contribution is -0.131. The number of hydrogen-bond acceptors (Lipinski definition) is 3. The fourth-order valence-corrected chi connectivity index (χ4v) is 4.15. The van der Waals surface area contributed by atoms with E-state index >= 15 is 0 Å². The Hall–Kier alpha value is -1.75. The normalized spacial score (nSPS) is 16.8. The first-order chi connectivity index (χ1) is 12.0. The smallest absolute Gasteiger partial charge is 0.235 e. The molecular formula is C20H27N3OS. The molecule has 1 fully saturated rings. The lowest BCUT2D eigenvalue weighted by atomic mass is 9.99. The summed E-state index contributed by atoms with van der Waals surface area (Å²) in [5, 5.41) is 0.734. The van der Waals surface area contributed by atoms with Crippen molar-refractivity contribution in [1.29, 1.82) is 0 Å². The number of imidazole rings is 1. The summed E-state index contributed by atoms with van der Waals surface area (Å²) in [7, 11) is 0. The predicted octanol–water partition coefficient (Wildman–Crippen LogP) is 4.05. The monoisotopic (exact) mass is 357 g/mol. The standard InChI is InChI=1S/C20H27N3OS/c1-14-9-11-23(12-10-14)19(24)16(3)25-20-21-15(2)18(22-20)13-17-7-5-4-6-8-17/h4-8,14,16H,9-13H2,1-3H3,(H,21,22)/t16-/m0/s1. The van der Waals surface area contributed by atoms with Gasteiger partial charge in [0.2, 0.25) is 5.91 Å². The van der Waals surface area contributed by atoms with Crippen LogP contribution < -0.4 is 0 Å². The van der Waals surface area contributed by atoms with Crippen molar-refractivity contribution in [1.82, 2.24) is 14.9 Å². The van der Waals surface area contributed by atoms with Crippen LogP contribution in [0.3, 0.4) is 0 Å². The zero-order valence-corrected chi connectivity index (χ0v) is 16.1. The number of nitrogens with zero attached hydrogens (tertiary/aromatic N) is 2. The number of likely N-dealkylation sites (tertiary alicyclic amines) is 1. The maximum atomic E-state index is 12.7. The molecule has 1 aliphatic heterocycles. The number of aryl methyl sites for hydroxylation is 1. The molecule has 1 atom stereocenters. The third kappa shape index (κ3) is 4.66. The highest BCUT2D eigenvalue weighted by Crippen LogP contribution is 2.26. The minimum Gasteiger partial charge on any atom is -0.342 e. The second-order valence-electron chi connectivity index (χ2n) is 7.04. The van der Waals surface area contributed by atoms with Crippen LogP contribution in [-0.4, -0.2) is 39.1 Å². The van der Waals surface area contributed by atoms with Crippen LogP contribution >= 0.6 is 11.8 Å². The molecule has 1 N–H and O–H groups in total. The Labute approximate surface area is 154 Å². The Morgan fingerprint density at radius 1 is 1.32 bits per heavy atom. The van der Waals surface area contributed by atoms with E-state index in [1.807, 2.05) is 36.9 Å². The van der Waals surface area contributed by atoms with Gasteiger partial charge >= 0.3 is 0 Å². The number of aromatic nitrogens is 2. The summed E-state index contributed by atoms with van der Waals surface area (Å²) in [5.41, 5.74) is 3.39. The molecule has 1 saturated heterocycles. The van der Waals surface area contributed by atoms with Gasteiger partial charge in [-0.15, -0.1) is 0 Å². The Balaban J connectivity index is 1.61. The summed E-state index contributed by atoms with van der Waals surface area (Å²) < 4.78 is 0.